The minimum atomic E-state index is -0.300. The zero-order chi connectivity index (χ0) is 20.9. The maximum atomic E-state index is 10.9. The minimum absolute atomic E-state index is 0.300. The summed E-state index contributed by atoms with van der Waals surface area (Å²) in [6, 6.07) is 0. The van der Waals surface area contributed by atoms with Crippen molar-refractivity contribution >= 4 is 5.97 Å². The van der Waals surface area contributed by atoms with Crippen molar-refractivity contribution in [3.05, 3.63) is 12.7 Å². The highest BCUT2D eigenvalue weighted by molar-refractivity contribution is 5.81. The van der Waals surface area contributed by atoms with Crippen LogP contribution in [-0.2, 0) is 9.53 Å². The molecule has 0 aromatic heterocycles. The predicted molar refractivity (Wildman–Crippen MR) is 123 cm³/mol. The van der Waals surface area contributed by atoms with Crippen LogP contribution in [0.3, 0.4) is 0 Å². The second kappa shape index (κ2) is 19.5. The smallest absolute Gasteiger partial charge is 0.330 e. The van der Waals surface area contributed by atoms with Crippen LogP contribution < -0.4 is 0 Å². The van der Waals surface area contributed by atoms with Gasteiger partial charge in [-0.25, -0.2) is 4.79 Å². The summed E-state index contributed by atoms with van der Waals surface area (Å²) in [6.07, 6.45) is 23.0. The molecule has 0 heterocycles. The average molecular weight is 397 g/mol. The Labute approximate surface area is 176 Å². The molecule has 3 nitrogen and oxygen atoms in total. The van der Waals surface area contributed by atoms with Crippen LogP contribution in [-0.4, -0.2) is 44.2 Å². The van der Waals surface area contributed by atoms with Crippen LogP contribution in [0.15, 0.2) is 12.7 Å². The topological polar surface area (TPSA) is 26.3 Å². The van der Waals surface area contributed by atoms with Crippen molar-refractivity contribution in [2.75, 3.05) is 33.8 Å². The normalized spacial score (nSPS) is 11.5. The summed E-state index contributed by atoms with van der Waals surface area (Å²) in [5, 5.41) is 0. The van der Waals surface area contributed by atoms with Crippen LogP contribution in [0, 0.1) is 0 Å². The lowest BCUT2D eigenvalue weighted by Gasteiger charge is -2.28. The Morgan fingerprint density at radius 3 is 1.43 bits per heavy atom. The number of unbranched alkanes of at least 4 members (excludes halogenated alkanes) is 15. The van der Waals surface area contributed by atoms with Gasteiger partial charge in [-0.05, 0) is 26.2 Å². The monoisotopic (exact) mass is 396 g/mol. The summed E-state index contributed by atoms with van der Waals surface area (Å²) in [5.74, 6) is -0.300. The molecule has 0 unspecified atom stereocenters. The van der Waals surface area contributed by atoms with Crippen LogP contribution in [0.1, 0.15) is 110 Å². The number of hydrogen-bond acceptors (Lipinski definition) is 2. The van der Waals surface area contributed by atoms with E-state index in [9.17, 15) is 4.79 Å². The molecule has 0 aliphatic heterocycles. The lowest BCUT2D eigenvalue weighted by Crippen LogP contribution is -2.39. The molecule has 0 aliphatic carbocycles. The summed E-state index contributed by atoms with van der Waals surface area (Å²) in [5.41, 5.74) is 0. The molecule has 166 valence electrons. The second-order valence-corrected chi connectivity index (χ2v) is 9.00. The van der Waals surface area contributed by atoms with Crippen molar-refractivity contribution < 1.29 is 14.0 Å². The molecule has 0 aromatic rings. The Morgan fingerprint density at radius 1 is 0.714 bits per heavy atom. The van der Waals surface area contributed by atoms with Gasteiger partial charge in [0.1, 0.15) is 0 Å². The van der Waals surface area contributed by atoms with Gasteiger partial charge in [0.2, 0.25) is 0 Å². The zero-order valence-corrected chi connectivity index (χ0v) is 19.5. The quantitative estimate of drug-likeness (QED) is 0.0898. The van der Waals surface area contributed by atoms with Gasteiger partial charge in [-0.1, -0.05) is 90.0 Å². The molecular weight excluding hydrogens is 346 g/mol. The summed E-state index contributed by atoms with van der Waals surface area (Å²) in [6.45, 7) is 8.80. The van der Waals surface area contributed by atoms with Crippen molar-refractivity contribution in [3.8, 4) is 0 Å². The Balaban J connectivity index is 3.10. The van der Waals surface area contributed by atoms with E-state index in [-0.39, 0.29) is 5.97 Å². The largest absolute Gasteiger partial charge is 0.463 e. The second-order valence-electron chi connectivity index (χ2n) is 9.00. The van der Waals surface area contributed by atoms with E-state index >= 15 is 0 Å². The molecule has 0 bridgehead atoms. The predicted octanol–water partition coefficient (Wildman–Crippen LogP) is 7.05. The molecule has 0 aromatic carbocycles. The Kier molecular flexibility index (Phi) is 18.9. The van der Waals surface area contributed by atoms with Crippen molar-refractivity contribution in [2.45, 2.75) is 110 Å². The molecule has 0 saturated carbocycles. The fourth-order valence-corrected chi connectivity index (χ4v) is 3.51. The molecule has 28 heavy (non-hydrogen) atoms. The SMILES string of the molecule is C=CC(=O)OCCCCCCCCCCCCCCCCCC[N+](C)(C)CC. The van der Waals surface area contributed by atoms with Gasteiger partial charge in [-0.3, -0.25) is 0 Å². The van der Waals surface area contributed by atoms with Gasteiger partial charge in [0.05, 0.1) is 33.8 Å². The van der Waals surface area contributed by atoms with E-state index in [0.29, 0.717) is 6.61 Å². The molecule has 3 heteroatoms. The summed E-state index contributed by atoms with van der Waals surface area (Å²) >= 11 is 0. The first kappa shape index (κ1) is 27.2. The molecule has 0 amide bonds. The van der Waals surface area contributed by atoms with Crippen LogP contribution in [0.5, 0.6) is 0 Å². The van der Waals surface area contributed by atoms with Crippen molar-refractivity contribution in [1.29, 1.82) is 0 Å². The zero-order valence-electron chi connectivity index (χ0n) is 19.5. The maximum Gasteiger partial charge on any atom is 0.330 e. The van der Waals surface area contributed by atoms with E-state index in [1.165, 1.54) is 120 Å². The van der Waals surface area contributed by atoms with Gasteiger partial charge in [0, 0.05) is 6.08 Å². The van der Waals surface area contributed by atoms with E-state index in [1.54, 1.807) is 0 Å². The average Bonchev–Trinajstić information content (AvgIpc) is 2.69. The van der Waals surface area contributed by atoms with Crippen molar-refractivity contribution in [3.63, 3.8) is 0 Å². The fourth-order valence-electron chi connectivity index (χ4n) is 3.51. The van der Waals surface area contributed by atoms with Gasteiger partial charge in [-0.15, -0.1) is 0 Å². The first-order chi connectivity index (χ1) is 13.5. The Hall–Kier alpha value is -0.830. The third-order valence-electron chi connectivity index (χ3n) is 5.92. The summed E-state index contributed by atoms with van der Waals surface area (Å²) in [7, 11) is 4.68. The van der Waals surface area contributed by atoms with Crippen LogP contribution in [0.25, 0.3) is 0 Å². The number of nitrogens with zero attached hydrogens (tertiary/aromatic N) is 1. The molecule has 0 spiro atoms. The molecular formula is C25H50NO2+. The van der Waals surface area contributed by atoms with E-state index in [1.807, 2.05) is 0 Å². The van der Waals surface area contributed by atoms with E-state index in [0.717, 1.165) is 6.42 Å². The van der Waals surface area contributed by atoms with Crippen molar-refractivity contribution in [2.24, 2.45) is 0 Å². The van der Waals surface area contributed by atoms with Gasteiger partial charge >= 0.3 is 5.97 Å². The molecule has 0 rings (SSSR count). The third-order valence-corrected chi connectivity index (χ3v) is 5.92. The van der Waals surface area contributed by atoms with Gasteiger partial charge < -0.3 is 9.22 Å². The lowest BCUT2D eigenvalue weighted by molar-refractivity contribution is -0.888. The van der Waals surface area contributed by atoms with Crippen LogP contribution in [0.4, 0.5) is 0 Å². The number of esters is 1. The first-order valence-corrected chi connectivity index (χ1v) is 12.1. The summed E-state index contributed by atoms with van der Waals surface area (Å²) in [4.78, 5) is 10.9. The molecule has 0 saturated heterocycles. The number of hydrogen-bond donors (Lipinski definition) is 0. The number of rotatable bonds is 21. The van der Waals surface area contributed by atoms with Gasteiger partial charge in [0.25, 0.3) is 0 Å². The number of ether oxygens (including phenoxy) is 1. The number of quaternary nitrogens is 1. The fraction of sp³-hybridized carbons (Fsp3) is 0.880. The highest BCUT2D eigenvalue weighted by Gasteiger charge is 2.09. The van der Waals surface area contributed by atoms with E-state index in [4.69, 9.17) is 4.74 Å². The number of carbonyl (C=O) groups is 1. The van der Waals surface area contributed by atoms with Crippen LogP contribution in [0.2, 0.25) is 0 Å². The Bertz CT molecular complexity index is 366. The highest BCUT2D eigenvalue weighted by atomic mass is 16.5. The van der Waals surface area contributed by atoms with Gasteiger partial charge in [-0.2, -0.15) is 0 Å². The maximum absolute atomic E-state index is 10.9. The van der Waals surface area contributed by atoms with Crippen LogP contribution >= 0.6 is 0 Å². The first-order valence-electron chi connectivity index (χ1n) is 12.1. The molecule has 0 aliphatic rings. The molecule has 0 radical (unpaired) electrons. The highest BCUT2D eigenvalue weighted by Crippen LogP contribution is 2.14. The third kappa shape index (κ3) is 19.9. The molecule has 0 fully saturated rings. The standard InChI is InChI=1S/C25H50NO2/c1-5-25(27)28-24-22-20-18-16-14-12-10-8-7-9-11-13-15-17-19-21-23-26(3,4)6-2/h5H,1,6-24H2,2-4H3/q+1. The van der Waals surface area contributed by atoms with Crippen molar-refractivity contribution in [1.82, 2.24) is 0 Å². The molecule has 0 atom stereocenters. The van der Waals surface area contributed by atoms with E-state index < -0.39 is 0 Å². The lowest BCUT2D eigenvalue weighted by atomic mass is 10.0. The van der Waals surface area contributed by atoms with E-state index in [2.05, 4.69) is 27.6 Å². The summed E-state index contributed by atoms with van der Waals surface area (Å²) < 4.78 is 6.15. The van der Waals surface area contributed by atoms with Gasteiger partial charge in [0.15, 0.2) is 0 Å². The Morgan fingerprint density at radius 2 is 1.07 bits per heavy atom. The number of carbonyl (C=O) groups excluding carboxylic acids is 1. The minimum Gasteiger partial charge on any atom is -0.463 e. The molecule has 0 N–H and O–H groups in total.